The van der Waals surface area contributed by atoms with Gasteiger partial charge in [0.05, 0.1) is 5.56 Å². The van der Waals surface area contributed by atoms with Crippen LogP contribution < -0.4 is 4.90 Å². The quantitative estimate of drug-likeness (QED) is 0.589. The topological polar surface area (TPSA) is 62.2 Å². The van der Waals surface area contributed by atoms with Crippen LogP contribution in [0, 0.1) is 0 Å². The molecule has 6 heteroatoms. The fourth-order valence-corrected chi connectivity index (χ4v) is 3.01. The number of anilines is 1. The minimum absolute atomic E-state index is 0.0603. The van der Waals surface area contributed by atoms with Crippen molar-refractivity contribution in [2.75, 3.05) is 18.5 Å². The van der Waals surface area contributed by atoms with Crippen LogP contribution in [-0.4, -0.2) is 45.4 Å². The van der Waals surface area contributed by atoms with Crippen molar-refractivity contribution in [1.29, 1.82) is 0 Å². The Hall–Kier alpha value is -3.28. The average molecular weight is 390 g/mol. The van der Waals surface area contributed by atoms with E-state index >= 15 is 0 Å². The molecule has 0 bridgehead atoms. The standard InChI is InChI=1S/C23H27N5O/c1-18(2)28(17-20-7-5-4-6-8-20)22(29)21-15-25-23(26-16-21)27(3)14-11-19-9-12-24-13-10-19/h4-10,12-13,15-16,18H,11,14,17H2,1-3H3. The number of pyridine rings is 1. The van der Waals surface area contributed by atoms with E-state index in [0.29, 0.717) is 18.1 Å². The van der Waals surface area contributed by atoms with E-state index in [1.807, 2.05) is 73.2 Å². The Morgan fingerprint density at radius 2 is 1.62 bits per heavy atom. The maximum absolute atomic E-state index is 13.0. The highest BCUT2D eigenvalue weighted by molar-refractivity contribution is 5.93. The molecule has 1 amide bonds. The first-order valence-corrected chi connectivity index (χ1v) is 9.81. The molecule has 6 nitrogen and oxygen atoms in total. The smallest absolute Gasteiger partial charge is 0.257 e. The first-order chi connectivity index (χ1) is 14.0. The molecule has 0 unspecified atom stereocenters. The van der Waals surface area contributed by atoms with E-state index in [0.717, 1.165) is 18.5 Å². The van der Waals surface area contributed by atoms with Gasteiger partial charge in [-0.3, -0.25) is 9.78 Å². The van der Waals surface area contributed by atoms with Gasteiger partial charge in [-0.15, -0.1) is 0 Å². The molecule has 0 saturated heterocycles. The van der Waals surface area contributed by atoms with Gasteiger partial charge >= 0.3 is 0 Å². The first kappa shape index (κ1) is 20.5. The second kappa shape index (κ2) is 9.78. The number of likely N-dealkylation sites (N-methyl/N-ethyl adjacent to an activating group) is 1. The number of aromatic nitrogens is 3. The Bertz CT molecular complexity index is 898. The van der Waals surface area contributed by atoms with E-state index in [-0.39, 0.29) is 11.9 Å². The zero-order valence-electron chi connectivity index (χ0n) is 17.2. The Labute approximate surface area is 172 Å². The maximum atomic E-state index is 13.0. The van der Waals surface area contributed by atoms with Crippen molar-refractivity contribution in [2.45, 2.75) is 32.9 Å². The van der Waals surface area contributed by atoms with Gasteiger partial charge in [0.2, 0.25) is 5.95 Å². The molecular weight excluding hydrogens is 362 g/mol. The number of amides is 1. The molecule has 0 atom stereocenters. The summed E-state index contributed by atoms with van der Waals surface area (Å²) >= 11 is 0. The summed E-state index contributed by atoms with van der Waals surface area (Å²) in [5.41, 5.74) is 2.82. The molecule has 0 saturated carbocycles. The van der Waals surface area contributed by atoms with Crippen LogP contribution in [0.15, 0.2) is 67.3 Å². The molecule has 3 rings (SSSR count). The lowest BCUT2D eigenvalue weighted by Gasteiger charge is -2.27. The number of benzene rings is 1. The van der Waals surface area contributed by atoms with Gasteiger partial charge in [-0.2, -0.15) is 0 Å². The molecule has 0 N–H and O–H groups in total. The van der Waals surface area contributed by atoms with E-state index in [4.69, 9.17) is 0 Å². The van der Waals surface area contributed by atoms with Crippen molar-refractivity contribution in [1.82, 2.24) is 19.9 Å². The van der Waals surface area contributed by atoms with Gasteiger partial charge in [-0.25, -0.2) is 9.97 Å². The summed E-state index contributed by atoms with van der Waals surface area (Å²) in [4.78, 5) is 29.7. The van der Waals surface area contributed by atoms with Crippen molar-refractivity contribution in [3.63, 3.8) is 0 Å². The van der Waals surface area contributed by atoms with Crippen LogP contribution in [0.4, 0.5) is 5.95 Å². The van der Waals surface area contributed by atoms with Crippen LogP contribution in [0.1, 0.15) is 35.3 Å². The molecule has 150 valence electrons. The van der Waals surface area contributed by atoms with Gasteiger partial charge in [-0.05, 0) is 43.5 Å². The van der Waals surface area contributed by atoms with E-state index in [1.54, 1.807) is 24.8 Å². The van der Waals surface area contributed by atoms with Crippen LogP contribution in [0.2, 0.25) is 0 Å². The summed E-state index contributed by atoms with van der Waals surface area (Å²) in [6.45, 7) is 5.38. The maximum Gasteiger partial charge on any atom is 0.257 e. The van der Waals surface area contributed by atoms with E-state index in [1.165, 1.54) is 5.56 Å². The monoisotopic (exact) mass is 389 g/mol. The summed E-state index contributed by atoms with van der Waals surface area (Å²) in [5, 5.41) is 0. The van der Waals surface area contributed by atoms with Gasteiger partial charge in [0.15, 0.2) is 0 Å². The highest BCUT2D eigenvalue weighted by atomic mass is 16.2. The summed E-state index contributed by atoms with van der Waals surface area (Å²) in [7, 11) is 1.95. The molecular formula is C23H27N5O. The van der Waals surface area contributed by atoms with Gasteiger partial charge in [0.25, 0.3) is 5.91 Å². The van der Waals surface area contributed by atoms with Crippen LogP contribution in [-0.2, 0) is 13.0 Å². The zero-order chi connectivity index (χ0) is 20.6. The minimum atomic E-state index is -0.0603. The second-order valence-corrected chi connectivity index (χ2v) is 7.31. The van der Waals surface area contributed by atoms with Gasteiger partial charge in [-0.1, -0.05) is 30.3 Å². The number of nitrogens with zero attached hydrogens (tertiary/aromatic N) is 5. The van der Waals surface area contributed by atoms with E-state index in [2.05, 4.69) is 15.0 Å². The summed E-state index contributed by atoms with van der Waals surface area (Å²) < 4.78 is 0. The fraction of sp³-hybridized carbons (Fsp3) is 0.304. The third-order valence-electron chi connectivity index (χ3n) is 4.79. The van der Waals surface area contributed by atoms with Gasteiger partial charge in [0.1, 0.15) is 0 Å². The Balaban J connectivity index is 1.65. The highest BCUT2D eigenvalue weighted by Gasteiger charge is 2.20. The zero-order valence-corrected chi connectivity index (χ0v) is 17.2. The Morgan fingerprint density at radius 1 is 0.966 bits per heavy atom. The van der Waals surface area contributed by atoms with Gasteiger partial charge in [0, 0.05) is 51.0 Å². The molecule has 0 aliphatic rings. The van der Waals surface area contributed by atoms with Crippen molar-refractivity contribution in [3.05, 3.63) is 83.9 Å². The number of rotatable bonds is 8. The normalized spacial score (nSPS) is 10.8. The number of hydrogen-bond donors (Lipinski definition) is 0. The van der Waals surface area contributed by atoms with E-state index in [9.17, 15) is 4.79 Å². The summed E-state index contributed by atoms with van der Waals surface area (Å²) in [6, 6.07) is 14.1. The average Bonchev–Trinajstić information content (AvgIpc) is 2.76. The third kappa shape index (κ3) is 5.60. The molecule has 0 aliphatic carbocycles. The number of carbonyl (C=O) groups is 1. The van der Waals surface area contributed by atoms with E-state index < -0.39 is 0 Å². The summed E-state index contributed by atoms with van der Waals surface area (Å²) in [6.07, 6.45) is 7.70. The third-order valence-corrected chi connectivity index (χ3v) is 4.79. The van der Waals surface area contributed by atoms with Crippen molar-refractivity contribution in [2.24, 2.45) is 0 Å². The van der Waals surface area contributed by atoms with Gasteiger partial charge < -0.3 is 9.80 Å². The number of carbonyl (C=O) groups excluding carboxylic acids is 1. The predicted molar refractivity (Wildman–Crippen MR) is 115 cm³/mol. The lowest BCUT2D eigenvalue weighted by molar-refractivity contribution is 0.0689. The molecule has 2 heterocycles. The SMILES string of the molecule is CC(C)N(Cc1ccccc1)C(=O)c1cnc(N(C)CCc2ccncc2)nc1. The molecule has 3 aromatic rings. The minimum Gasteiger partial charge on any atom is -0.344 e. The van der Waals surface area contributed by atoms with Crippen molar-refractivity contribution >= 4 is 11.9 Å². The lowest BCUT2D eigenvalue weighted by atomic mass is 10.1. The van der Waals surface area contributed by atoms with Crippen molar-refractivity contribution < 1.29 is 4.79 Å². The molecule has 0 spiro atoms. The molecule has 2 aromatic heterocycles. The Morgan fingerprint density at radius 3 is 2.24 bits per heavy atom. The summed E-state index contributed by atoms with van der Waals surface area (Å²) in [5.74, 6) is 0.546. The van der Waals surface area contributed by atoms with Crippen LogP contribution in [0.5, 0.6) is 0 Å². The Kier molecular flexibility index (Phi) is 6.89. The van der Waals surface area contributed by atoms with Crippen molar-refractivity contribution in [3.8, 4) is 0 Å². The lowest BCUT2D eigenvalue weighted by Crippen LogP contribution is -2.36. The van der Waals surface area contributed by atoms with Crippen LogP contribution in [0.3, 0.4) is 0 Å². The second-order valence-electron chi connectivity index (χ2n) is 7.31. The molecule has 1 aromatic carbocycles. The fourth-order valence-electron chi connectivity index (χ4n) is 3.01. The first-order valence-electron chi connectivity index (χ1n) is 9.81. The largest absolute Gasteiger partial charge is 0.344 e. The number of hydrogen-bond acceptors (Lipinski definition) is 5. The highest BCUT2D eigenvalue weighted by Crippen LogP contribution is 2.14. The van der Waals surface area contributed by atoms with Crippen LogP contribution >= 0.6 is 0 Å². The van der Waals surface area contributed by atoms with Crippen LogP contribution in [0.25, 0.3) is 0 Å². The molecule has 0 radical (unpaired) electrons. The molecule has 29 heavy (non-hydrogen) atoms. The molecule has 0 fully saturated rings. The molecule has 0 aliphatic heterocycles. The predicted octanol–water partition coefficient (Wildman–Crippen LogP) is 3.60.